The highest BCUT2D eigenvalue weighted by Gasteiger charge is 2.25. The summed E-state index contributed by atoms with van der Waals surface area (Å²) in [4.78, 5) is 13.4. The Morgan fingerprint density at radius 1 is 1.69 bits per heavy atom. The number of amides is 1. The van der Waals surface area contributed by atoms with E-state index in [1.165, 1.54) is 11.6 Å². The summed E-state index contributed by atoms with van der Waals surface area (Å²) in [5.41, 5.74) is 2.00. The van der Waals surface area contributed by atoms with Crippen LogP contribution >= 0.6 is 7.55 Å². The maximum Gasteiger partial charge on any atom is 0.245 e. The molecule has 2 aliphatic heterocycles. The summed E-state index contributed by atoms with van der Waals surface area (Å²) in [6.45, 7) is 7.46. The van der Waals surface area contributed by atoms with Gasteiger partial charge in [-0.25, -0.2) is 0 Å². The third-order valence-corrected chi connectivity index (χ3v) is 5.74. The van der Waals surface area contributed by atoms with E-state index in [1.807, 2.05) is 4.90 Å². The highest BCUT2D eigenvalue weighted by molar-refractivity contribution is 7.61. The fraction of sp³-hybridized carbons (Fsp3) is 0.385. The smallest absolute Gasteiger partial charge is 0.245 e. The van der Waals surface area contributed by atoms with Crippen molar-refractivity contribution in [1.29, 1.82) is 0 Å². The summed E-state index contributed by atoms with van der Waals surface area (Å²) < 4.78 is 0. The van der Waals surface area contributed by atoms with E-state index in [9.17, 15) is 4.79 Å². The first kappa shape index (κ1) is 11.5. The number of nitrogens with zero attached hydrogens (tertiary/aromatic N) is 1. The van der Waals surface area contributed by atoms with Gasteiger partial charge in [-0.1, -0.05) is 43.5 Å². The Hall–Kier alpha value is -1.01. The number of carbonyl (C=O) groups is 1. The van der Waals surface area contributed by atoms with Crippen molar-refractivity contribution < 1.29 is 4.79 Å². The molecule has 1 saturated heterocycles. The molecule has 1 unspecified atom stereocenters. The second-order valence-electron chi connectivity index (χ2n) is 4.38. The zero-order chi connectivity index (χ0) is 11.5. The predicted octanol–water partition coefficient (Wildman–Crippen LogP) is 2.26. The molecule has 0 N–H and O–H groups in total. The Labute approximate surface area is 97.7 Å². The lowest BCUT2D eigenvalue weighted by Gasteiger charge is -2.16. The number of carbonyl (C=O) groups excluding carboxylic acids is 1. The number of hydrogen-bond acceptors (Lipinski definition) is 1. The molecule has 2 heterocycles. The second kappa shape index (κ2) is 4.88. The Bertz CT molecular complexity index is 406. The lowest BCUT2D eigenvalue weighted by atomic mass is 10.3. The van der Waals surface area contributed by atoms with Gasteiger partial charge < -0.3 is 4.90 Å². The molecule has 0 aromatic rings. The average Bonchev–Trinajstić information content (AvgIpc) is 2.78. The Morgan fingerprint density at radius 3 is 3.12 bits per heavy atom. The van der Waals surface area contributed by atoms with Crippen molar-refractivity contribution in [3.8, 4) is 0 Å². The van der Waals surface area contributed by atoms with Crippen LogP contribution in [0, 0.1) is 0 Å². The molecule has 16 heavy (non-hydrogen) atoms. The molecule has 2 atom stereocenters. The minimum absolute atomic E-state index is 0.0802. The molecule has 0 aromatic carbocycles. The highest BCUT2D eigenvalue weighted by atomic mass is 31.1. The van der Waals surface area contributed by atoms with E-state index in [4.69, 9.17) is 0 Å². The Kier molecular flexibility index (Phi) is 3.50. The quantitative estimate of drug-likeness (QED) is 0.531. The van der Waals surface area contributed by atoms with Crippen molar-refractivity contribution in [2.45, 2.75) is 19.0 Å². The largest absolute Gasteiger partial charge is 0.339 e. The van der Waals surface area contributed by atoms with E-state index in [1.54, 1.807) is 0 Å². The van der Waals surface area contributed by atoms with Gasteiger partial charge in [0.2, 0.25) is 5.91 Å². The molecule has 1 fully saturated rings. The number of hydrogen-bond donors (Lipinski definition) is 0. The molecule has 3 heteroatoms. The van der Waals surface area contributed by atoms with Crippen molar-refractivity contribution in [3.05, 3.63) is 36.2 Å². The molecular weight excluding hydrogens is 217 g/mol. The Morgan fingerprint density at radius 2 is 2.50 bits per heavy atom. The highest BCUT2D eigenvalue weighted by Crippen LogP contribution is 2.39. The first-order chi connectivity index (χ1) is 7.70. The monoisotopic (exact) mass is 235 g/mol. The third-order valence-electron chi connectivity index (χ3n) is 3.22. The van der Waals surface area contributed by atoms with Gasteiger partial charge in [0.05, 0.1) is 0 Å². The van der Waals surface area contributed by atoms with Crippen LogP contribution in [0.1, 0.15) is 13.3 Å². The van der Waals surface area contributed by atoms with E-state index in [0.717, 1.165) is 19.5 Å². The summed E-state index contributed by atoms with van der Waals surface area (Å²) in [6, 6.07) is 0. The minimum Gasteiger partial charge on any atom is -0.339 e. The fourth-order valence-electron chi connectivity index (χ4n) is 2.20. The van der Waals surface area contributed by atoms with Crippen molar-refractivity contribution >= 4 is 19.2 Å². The van der Waals surface area contributed by atoms with Crippen LogP contribution in [-0.4, -0.2) is 35.4 Å². The molecule has 0 bridgehead atoms. The number of likely N-dealkylation sites (tertiary alicyclic amines) is 1. The molecule has 2 nitrogen and oxygen atoms in total. The molecule has 0 spiro atoms. The van der Waals surface area contributed by atoms with E-state index in [0.29, 0.717) is 5.66 Å². The topological polar surface area (TPSA) is 20.3 Å². The van der Waals surface area contributed by atoms with Gasteiger partial charge in [-0.15, -0.1) is 0 Å². The zero-order valence-electron chi connectivity index (χ0n) is 9.65. The van der Waals surface area contributed by atoms with Gasteiger partial charge in [-0.2, -0.15) is 0 Å². The van der Waals surface area contributed by atoms with E-state index in [2.05, 4.69) is 37.3 Å². The fourth-order valence-corrected chi connectivity index (χ4v) is 4.66. The van der Waals surface area contributed by atoms with Crippen LogP contribution in [0.3, 0.4) is 0 Å². The third kappa shape index (κ3) is 2.38. The molecular formula is C13H18NOP. The molecule has 0 aromatic heterocycles. The average molecular weight is 235 g/mol. The maximum absolute atomic E-state index is 11.5. The molecule has 86 valence electrons. The summed E-state index contributed by atoms with van der Waals surface area (Å²) in [6.07, 6.45) is 6.99. The molecule has 0 aliphatic carbocycles. The first-order valence-electron chi connectivity index (χ1n) is 5.68. The zero-order valence-corrected chi connectivity index (χ0v) is 10.6. The summed E-state index contributed by atoms with van der Waals surface area (Å²) in [5, 5.41) is 0. The van der Waals surface area contributed by atoms with Crippen LogP contribution in [0.25, 0.3) is 0 Å². The molecule has 2 aliphatic rings. The van der Waals surface area contributed by atoms with Gasteiger partial charge in [-0.05, 0) is 25.1 Å². The van der Waals surface area contributed by atoms with Gasteiger partial charge in [-0.3, -0.25) is 4.79 Å². The van der Waals surface area contributed by atoms with Gasteiger partial charge in [0, 0.05) is 13.1 Å². The van der Waals surface area contributed by atoms with Gasteiger partial charge >= 0.3 is 0 Å². The molecule has 2 rings (SSSR count). The van der Waals surface area contributed by atoms with Crippen LogP contribution in [-0.2, 0) is 4.79 Å². The van der Waals surface area contributed by atoms with Gasteiger partial charge in [0.25, 0.3) is 0 Å². The van der Waals surface area contributed by atoms with E-state index >= 15 is 0 Å². The van der Waals surface area contributed by atoms with Gasteiger partial charge in [0.15, 0.2) is 0 Å². The maximum atomic E-state index is 11.5. The first-order valence-corrected chi connectivity index (χ1v) is 7.42. The Balaban J connectivity index is 2.02. The SMILES string of the molecule is C=CC(=O)N1CC[C@H]([PH]2=CC=C(C)C=C2)C1. The number of rotatable bonds is 2. The summed E-state index contributed by atoms with van der Waals surface area (Å²) in [7, 11) is -0.542. The number of allylic oxidation sites excluding steroid dienone is 3. The standard InChI is InChI=1S/C13H18NOP/c1-3-13(15)14-7-4-12(10-14)16-8-5-11(2)6-9-16/h3,5-6,8-9,12,16H,1,4,7,10H2,2H3/t12-/m0/s1. The van der Waals surface area contributed by atoms with Crippen LogP contribution in [0.15, 0.2) is 36.2 Å². The van der Waals surface area contributed by atoms with Crippen LogP contribution < -0.4 is 0 Å². The molecule has 1 amide bonds. The van der Waals surface area contributed by atoms with E-state index < -0.39 is 7.55 Å². The van der Waals surface area contributed by atoms with Crippen LogP contribution in [0.2, 0.25) is 0 Å². The second-order valence-corrected chi connectivity index (χ2v) is 6.87. The minimum atomic E-state index is -0.542. The molecule has 0 saturated carbocycles. The van der Waals surface area contributed by atoms with Crippen LogP contribution in [0.5, 0.6) is 0 Å². The summed E-state index contributed by atoms with van der Waals surface area (Å²) >= 11 is 0. The van der Waals surface area contributed by atoms with Crippen molar-refractivity contribution in [2.75, 3.05) is 13.1 Å². The molecule has 0 radical (unpaired) electrons. The lowest BCUT2D eigenvalue weighted by Crippen LogP contribution is -2.27. The van der Waals surface area contributed by atoms with Crippen molar-refractivity contribution in [3.63, 3.8) is 0 Å². The normalized spacial score (nSPS) is 28.6. The van der Waals surface area contributed by atoms with E-state index in [-0.39, 0.29) is 5.91 Å². The van der Waals surface area contributed by atoms with Crippen molar-refractivity contribution in [2.24, 2.45) is 0 Å². The lowest BCUT2D eigenvalue weighted by molar-refractivity contribution is -0.124. The van der Waals surface area contributed by atoms with Crippen LogP contribution in [0.4, 0.5) is 0 Å². The summed E-state index contributed by atoms with van der Waals surface area (Å²) in [5.74, 6) is 4.79. The van der Waals surface area contributed by atoms with Gasteiger partial charge in [0.1, 0.15) is 0 Å². The predicted molar refractivity (Wildman–Crippen MR) is 72.5 cm³/mol. The van der Waals surface area contributed by atoms with Crippen molar-refractivity contribution in [1.82, 2.24) is 4.90 Å².